The van der Waals surface area contributed by atoms with Crippen molar-refractivity contribution < 1.29 is 23.5 Å². The first-order valence-corrected chi connectivity index (χ1v) is 12.2. The van der Waals surface area contributed by atoms with Gasteiger partial charge < -0.3 is 10.1 Å². The molecule has 1 unspecified atom stereocenters. The van der Waals surface area contributed by atoms with Gasteiger partial charge in [-0.25, -0.2) is 4.39 Å². The van der Waals surface area contributed by atoms with Crippen molar-refractivity contribution in [2.45, 2.75) is 51.1 Å². The Bertz CT molecular complexity index is 1210. The Balaban J connectivity index is 1.76. The predicted molar refractivity (Wildman–Crippen MR) is 135 cm³/mol. The number of carbonyl (C=O) groups excluding carboxylic acids is 3. The topological polar surface area (TPSA) is 75.7 Å². The number of ether oxygens (including phenoxy) is 1. The lowest BCUT2D eigenvalue weighted by Gasteiger charge is -2.33. The van der Waals surface area contributed by atoms with Gasteiger partial charge in [0.25, 0.3) is 5.91 Å². The summed E-state index contributed by atoms with van der Waals surface area (Å²) in [5.74, 6) is -1.50. The number of rotatable bonds is 7. The van der Waals surface area contributed by atoms with E-state index in [0.717, 1.165) is 32.1 Å². The Morgan fingerprint density at radius 2 is 1.61 bits per heavy atom. The lowest BCUT2D eigenvalue weighted by molar-refractivity contribution is -0.132. The summed E-state index contributed by atoms with van der Waals surface area (Å²) in [6.07, 6.45) is 5.01. The van der Waals surface area contributed by atoms with Gasteiger partial charge in [-0.3, -0.25) is 19.3 Å². The molecule has 1 aliphatic rings. The molecule has 1 atom stereocenters. The first-order chi connectivity index (χ1) is 17.4. The van der Waals surface area contributed by atoms with Crippen LogP contribution in [0.25, 0.3) is 0 Å². The first kappa shape index (κ1) is 25.1. The second kappa shape index (κ2) is 11.6. The van der Waals surface area contributed by atoms with Gasteiger partial charge in [0, 0.05) is 24.2 Å². The van der Waals surface area contributed by atoms with Crippen LogP contribution in [0.15, 0.2) is 78.9 Å². The Labute approximate surface area is 210 Å². The molecule has 186 valence electrons. The smallest absolute Gasteiger partial charge is 0.308 e. The normalized spacial score (nSPS) is 14.5. The van der Waals surface area contributed by atoms with Crippen molar-refractivity contribution in [3.63, 3.8) is 0 Å². The van der Waals surface area contributed by atoms with Crippen molar-refractivity contribution in [3.05, 3.63) is 95.8 Å². The molecule has 0 spiro atoms. The standard InChI is InChI=1S/C29H29FN2O4/c1-20(33)36-26-17-15-22(16-18-26)29(35)32(25-14-8-11-23(30)19-25)27(21-9-4-2-5-10-21)28(34)31-24-12-6-3-7-13-24/h2,4-5,8-11,14-19,24,27H,3,6-7,12-13H2,1H3,(H,31,34). The van der Waals surface area contributed by atoms with Crippen LogP contribution in [0.3, 0.4) is 0 Å². The number of nitrogens with zero attached hydrogens (tertiary/aromatic N) is 1. The summed E-state index contributed by atoms with van der Waals surface area (Å²) in [6.45, 7) is 1.29. The summed E-state index contributed by atoms with van der Waals surface area (Å²) in [5, 5.41) is 3.14. The number of anilines is 1. The van der Waals surface area contributed by atoms with Crippen molar-refractivity contribution in [2.24, 2.45) is 0 Å². The minimum absolute atomic E-state index is 0.0323. The summed E-state index contributed by atoms with van der Waals surface area (Å²) in [6, 6.07) is 19.8. The number of carbonyl (C=O) groups is 3. The molecule has 0 saturated heterocycles. The van der Waals surface area contributed by atoms with Crippen molar-refractivity contribution in [1.29, 1.82) is 0 Å². The molecule has 3 aromatic rings. The average Bonchev–Trinajstić information content (AvgIpc) is 2.88. The largest absolute Gasteiger partial charge is 0.427 e. The van der Waals surface area contributed by atoms with Crippen LogP contribution in [-0.2, 0) is 9.59 Å². The molecule has 2 amide bonds. The second-order valence-corrected chi connectivity index (χ2v) is 8.93. The van der Waals surface area contributed by atoms with E-state index >= 15 is 0 Å². The van der Waals surface area contributed by atoms with Gasteiger partial charge in [-0.1, -0.05) is 55.7 Å². The molecule has 0 aliphatic heterocycles. The van der Waals surface area contributed by atoms with Gasteiger partial charge in [-0.15, -0.1) is 0 Å². The number of halogens is 1. The summed E-state index contributed by atoms with van der Waals surface area (Å²) in [5.41, 5.74) is 1.14. The van der Waals surface area contributed by atoms with E-state index in [9.17, 15) is 18.8 Å². The van der Waals surface area contributed by atoms with Gasteiger partial charge in [-0.2, -0.15) is 0 Å². The molecule has 6 nitrogen and oxygen atoms in total. The molecule has 0 aromatic heterocycles. The minimum atomic E-state index is -1.02. The van der Waals surface area contributed by atoms with E-state index in [1.54, 1.807) is 30.3 Å². The highest BCUT2D eigenvalue weighted by atomic mass is 19.1. The van der Waals surface area contributed by atoms with E-state index in [4.69, 9.17) is 4.74 Å². The predicted octanol–water partition coefficient (Wildman–Crippen LogP) is 5.59. The number of hydrogen-bond acceptors (Lipinski definition) is 4. The first-order valence-electron chi connectivity index (χ1n) is 12.2. The van der Waals surface area contributed by atoms with E-state index in [-0.39, 0.29) is 23.2 Å². The van der Waals surface area contributed by atoms with E-state index < -0.39 is 23.7 Å². The summed E-state index contributed by atoms with van der Waals surface area (Å²) in [4.78, 5) is 40.3. The van der Waals surface area contributed by atoms with E-state index in [2.05, 4.69) is 5.32 Å². The Morgan fingerprint density at radius 3 is 2.25 bits per heavy atom. The van der Waals surface area contributed by atoms with Gasteiger partial charge in [-0.05, 0) is 60.9 Å². The zero-order valence-electron chi connectivity index (χ0n) is 20.2. The fourth-order valence-electron chi connectivity index (χ4n) is 4.56. The van der Waals surface area contributed by atoms with Gasteiger partial charge >= 0.3 is 5.97 Å². The van der Waals surface area contributed by atoms with Gasteiger partial charge in [0.15, 0.2) is 0 Å². The number of esters is 1. The third kappa shape index (κ3) is 6.16. The quantitative estimate of drug-likeness (QED) is 0.348. The molecule has 1 fully saturated rings. The summed E-state index contributed by atoms with van der Waals surface area (Å²) < 4.78 is 19.4. The monoisotopic (exact) mass is 488 g/mol. The fraction of sp³-hybridized carbons (Fsp3) is 0.276. The number of nitrogens with one attached hydrogen (secondary N) is 1. The lowest BCUT2D eigenvalue weighted by atomic mass is 9.94. The minimum Gasteiger partial charge on any atom is -0.427 e. The molecule has 1 saturated carbocycles. The Hall–Kier alpha value is -4.00. The third-order valence-electron chi connectivity index (χ3n) is 6.24. The van der Waals surface area contributed by atoms with Gasteiger partial charge in [0.05, 0.1) is 0 Å². The zero-order valence-corrected chi connectivity index (χ0v) is 20.2. The molecule has 1 N–H and O–H groups in total. The molecule has 0 bridgehead atoms. The fourth-order valence-corrected chi connectivity index (χ4v) is 4.56. The van der Waals surface area contributed by atoms with Crippen molar-refractivity contribution in [2.75, 3.05) is 4.90 Å². The van der Waals surface area contributed by atoms with Crippen LogP contribution < -0.4 is 15.0 Å². The van der Waals surface area contributed by atoms with Crippen LogP contribution in [0.4, 0.5) is 10.1 Å². The van der Waals surface area contributed by atoms with Crippen LogP contribution in [-0.4, -0.2) is 23.8 Å². The number of amides is 2. The number of hydrogen-bond donors (Lipinski definition) is 1. The van der Waals surface area contributed by atoms with Crippen LogP contribution in [0.5, 0.6) is 5.75 Å². The Morgan fingerprint density at radius 1 is 0.917 bits per heavy atom. The summed E-state index contributed by atoms with van der Waals surface area (Å²) in [7, 11) is 0. The van der Waals surface area contributed by atoms with Crippen LogP contribution >= 0.6 is 0 Å². The van der Waals surface area contributed by atoms with Crippen LogP contribution in [0, 0.1) is 5.82 Å². The van der Waals surface area contributed by atoms with Crippen molar-refractivity contribution >= 4 is 23.5 Å². The molecular formula is C29H29FN2O4. The molecule has 4 rings (SSSR count). The maximum Gasteiger partial charge on any atom is 0.308 e. The molecule has 0 radical (unpaired) electrons. The molecule has 3 aromatic carbocycles. The number of benzene rings is 3. The maximum atomic E-state index is 14.3. The molecule has 1 aliphatic carbocycles. The summed E-state index contributed by atoms with van der Waals surface area (Å²) >= 11 is 0. The van der Waals surface area contributed by atoms with Crippen molar-refractivity contribution in [1.82, 2.24) is 5.32 Å². The van der Waals surface area contributed by atoms with Crippen LogP contribution in [0.2, 0.25) is 0 Å². The Kier molecular flexibility index (Phi) is 8.10. The second-order valence-electron chi connectivity index (χ2n) is 8.93. The van der Waals surface area contributed by atoms with Gasteiger partial charge in [0.1, 0.15) is 17.6 Å². The third-order valence-corrected chi connectivity index (χ3v) is 6.24. The molecule has 0 heterocycles. The lowest BCUT2D eigenvalue weighted by Crippen LogP contribution is -2.47. The highest BCUT2D eigenvalue weighted by molar-refractivity contribution is 6.10. The molecule has 7 heteroatoms. The van der Waals surface area contributed by atoms with Gasteiger partial charge in [0.2, 0.25) is 5.91 Å². The zero-order chi connectivity index (χ0) is 25.5. The van der Waals surface area contributed by atoms with E-state index in [1.165, 1.54) is 54.3 Å². The highest BCUT2D eigenvalue weighted by Crippen LogP contribution is 2.31. The van der Waals surface area contributed by atoms with Crippen LogP contribution in [0.1, 0.15) is 61.0 Å². The molecular weight excluding hydrogens is 459 g/mol. The SMILES string of the molecule is CC(=O)Oc1ccc(C(=O)N(c2cccc(F)c2)C(C(=O)NC2CCCCC2)c2ccccc2)cc1. The van der Waals surface area contributed by atoms with Crippen molar-refractivity contribution in [3.8, 4) is 5.75 Å². The van der Waals surface area contributed by atoms with E-state index in [1.807, 2.05) is 6.07 Å². The average molecular weight is 489 g/mol. The molecule has 36 heavy (non-hydrogen) atoms. The highest BCUT2D eigenvalue weighted by Gasteiger charge is 2.34. The van der Waals surface area contributed by atoms with E-state index in [0.29, 0.717) is 11.3 Å². The maximum absolute atomic E-state index is 14.3.